The number of esters is 1. The van der Waals surface area contributed by atoms with Crippen LogP contribution >= 0.6 is 0 Å². The molecule has 5 heterocycles. The molecule has 0 radical (unpaired) electrons. The van der Waals surface area contributed by atoms with E-state index in [9.17, 15) is 43.8 Å². The molecule has 0 aliphatic carbocycles. The fourth-order valence-electron chi connectivity index (χ4n) is 7.91. The second-order valence-electron chi connectivity index (χ2n) is 15.5. The monoisotopic (exact) mass is 877 g/mol. The van der Waals surface area contributed by atoms with Crippen LogP contribution in [-0.2, 0) is 63.5 Å². The van der Waals surface area contributed by atoms with Gasteiger partial charge in [0.25, 0.3) is 17.4 Å². The minimum Gasteiger partial charge on any atom is -0.494 e. The Kier molecular flexibility index (Phi) is 15.0. The molecule has 20 heteroatoms. The van der Waals surface area contributed by atoms with Crippen molar-refractivity contribution in [1.29, 1.82) is 0 Å². The maximum absolute atomic E-state index is 15.0. The Morgan fingerprint density at radius 2 is 1.71 bits per heavy atom. The first-order chi connectivity index (χ1) is 30.2. The van der Waals surface area contributed by atoms with Crippen LogP contribution in [0.4, 0.5) is 4.39 Å². The molecule has 0 bridgehead atoms. The predicted molar refractivity (Wildman–Crippen MR) is 222 cm³/mol. The molecule has 63 heavy (non-hydrogen) atoms. The number of aliphatic hydroxyl groups is 2. The number of carbonyl (C=O) groups is 6. The molecule has 6 rings (SSSR count). The number of hydrogen-bond donors (Lipinski definition) is 6. The van der Waals surface area contributed by atoms with E-state index < -0.39 is 58.8 Å². The molecule has 0 saturated carbocycles. The number of ether oxygens (including phenoxy) is 3. The van der Waals surface area contributed by atoms with Crippen molar-refractivity contribution in [1.82, 2.24) is 35.7 Å². The Morgan fingerprint density at radius 3 is 2.43 bits per heavy atom. The van der Waals surface area contributed by atoms with Crippen LogP contribution in [-0.4, -0.2) is 113 Å². The molecule has 3 aliphatic heterocycles. The maximum Gasteiger partial charge on any atom is 0.343 e. The summed E-state index contributed by atoms with van der Waals surface area (Å²) in [5.41, 5.74) is -0.304. The van der Waals surface area contributed by atoms with Gasteiger partial charge in [-0.05, 0) is 56.2 Å². The van der Waals surface area contributed by atoms with E-state index in [1.807, 2.05) is 0 Å². The Hall–Kier alpha value is -6.09. The lowest BCUT2D eigenvalue weighted by Gasteiger charge is -2.31. The lowest BCUT2D eigenvalue weighted by atomic mass is 9.86. The summed E-state index contributed by atoms with van der Waals surface area (Å²) in [6.45, 7) is 2.19. The number of aromatic nitrogens is 2. The number of nitrogens with one attached hydrogen (secondary N) is 4. The van der Waals surface area contributed by atoms with Crippen molar-refractivity contribution in [3.05, 3.63) is 68.8 Å². The Balaban J connectivity index is 1.10. The zero-order chi connectivity index (χ0) is 45.4. The summed E-state index contributed by atoms with van der Waals surface area (Å²) in [4.78, 5) is 95.4. The minimum absolute atomic E-state index is 0.0153. The molecular weight excluding hydrogens is 826 g/mol. The number of carbonyl (C=O) groups excluding carboxylic acids is 6. The Bertz CT molecular complexity index is 2370. The quantitative estimate of drug-likeness (QED) is 0.0275. The molecule has 19 nitrogen and oxygen atoms in total. The zero-order valence-corrected chi connectivity index (χ0v) is 35.3. The van der Waals surface area contributed by atoms with Crippen LogP contribution in [0.1, 0.15) is 80.5 Å². The van der Waals surface area contributed by atoms with Gasteiger partial charge >= 0.3 is 5.97 Å². The van der Waals surface area contributed by atoms with Gasteiger partial charge in [0, 0.05) is 80.9 Å². The van der Waals surface area contributed by atoms with E-state index in [1.54, 1.807) is 13.0 Å². The summed E-state index contributed by atoms with van der Waals surface area (Å²) >= 11 is 0. The fourth-order valence-corrected chi connectivity index (χ4v) is 7.91. The second-order valence-corrected chi connectivity index (χ2v) is 15.5. The van der Waals surface area contributed by atoms with E-state index in [0.717, 1.165) is 17.1 Å². The maximum atomic E-state index is 15.0. The first-order valence-electron chi connectivity index (χ1n) is 20.8. The summed E-state index contributed by atoms with van der Waals surface area (Å²) in [7, 11) is 2.85. The van der Waals surface area contributed by atoms with Gasteiger partial charge in [-0.25, -0.2) is 14.2 Å². The van der Waals surface area contributed by atoms with Gasteiger partial charge in [-0.1, -0.05) is 6.92 Å². The highest BCUT2D eigenvalue weighted by molar-refractivity contribution is 6.12. The van der Waals surface area contributed by atoms with Crippen LogP contribution in [0.25, 0.3) is 22.3 Å². The number of hydrogen-bond acceptors (Lipinski definition) is 14. The third kappa shape index (κ3) is 10.2. The van der Waals surface area contributed by atoms with Crippen LogP contribution in [0.15, 0.2) is 35.1 Å². The van der Waals surface area contributed by atoms with Crippen molar-refractivity contribution < 1.29 is 57.6 Å². The lowest BCUT2D eigenvalue weighted by molar-refractivity contribution is -0.172. The van der Waals surface area contributed by atoms with Crippen LogP contribution in [0.5, 0.6) is 5.75 Å². The van der Waals surface area contributed by atoms with Gasteiger partial charge in [0.2, 0.25) is 17.7 Å². The molecule has 3 atom stereocenters. The SMILES string of the molecule is CC[C@@]1(O)C(=O)OCc2c1cc1n(c2=O)Cc2c-1nc1cc(F)c(OC)cc1c2CNC(=O)CCCNC(=O)[C@H](CCCC(O)NCCOC)NC(=O)CCCN1C(=O)C=CC1=O. The summed E-state index contributed by atoms with van der Waals surface area (Å²) in [5, 5.41) is 33.3. The van der Waals surface area contributed by atoms with Crippen LogP contribution in [0, 0.1) is 5.82 Å². The standard InChI is InChI=1S/C43H52FN7O12/c1-4-43(60)28-19-32-39-26(22-51(32)41(58)27(28)23-63-42(43)59)25(24-18-33(62-3)29(44)20-31(24)49-39)21-47-35(53)10-6-14-46-40(57)30(8-5-9-34(52)45-15-17-61-2)48-36(54)11-7-16-50-37(55)12-13-38(50)56/h12-13,18-20,30,34,45,52,60H,4-11,14-17,21-23H2,1-3H3,(H,46,57)(H,47,53)(H,48,54)/t30-,34?,43-/m0/s1. The average Bonchev–Trinajstić information content (AvgIpc) is 3.79. The first kappa shape index (κ1) is 46.4. The molecule has 2 aromatic heterocycles. The molecule has 5 amide bonds. The highest BCUT2D eigenvalue weighted by Gasteiger charge is 2.45. The third-order valence-corrected chi connectivity index (χ3v) is 11.4. The molecule has 6 N–H and O–H groups in total. The number of pyridine rings is 2. The van der Waals surface area contributed by atoms with Crippen molar-refractivity contribution in [3.63, 3.8) is 0 Å². The second kappa shape index (κ2) is 20.4. The van der Waals surface area contributed by atoms with Crippen molar-refractivity contribution >= 4 is 46.4 Å². The van der Waals surface area contributed by atoms with Crippen LogP contribution < -0.4 is 31.6 Å². The number of aliphatic hydroxyl groups excluding tert-OH is 1. The number of amides is 5. The average molecular weight is 878 g/mol. The predicted octanol–water partition coefficient (Wildman–Crippen LogP) is 0.655. The van der Waals surface area contributed by atoms with Crippen LogP contribution in [0.3, 0.4) is 0 Å². The summed E-state index contributed by atoms with van der Waals surface area (Å²) in [6, 6.07) is 3.23. The van der Waals surface area contributed by atoms with Crippen molar-refractivity contribution in [2.45, 2.75) is 95.9 Å². The van der Waals surface area contributed by atoms with Crippen molar-refractivity contribution in [3.8, 4) is 17.1 Å². The lowest BCUT2D eigenvalue weighted by Crippen LogP contribution is -2.47. The number of methoxy groups -OCH3 is 2. The molecule has 0 saturated heterocycles. The van der Waals surface area contributed by atoms with Crippen molar-refractivity contribution in [2.24, 2.45) is 0 Å². The molecule has 3 aromatic rings. The van der Waals surface area contributed by atoms with Gasteiger partial charge in [-0.3, -0.25) is 39.0 Å². The number of rotatable bonds is 22. The summed E-state index contributed by atoms with van der Waals surface area (Å²) < 4.78 is 31.9. The van der Waals surface area contributed by atoms with Gasteiger partial charge < -0.3 is 44.9 Å². The smallest absolute Gasteiger partial charge is 0.343 e. The topological polar surface area (TPSA) is 257 Å². The highest BCUT2D eigenvalue weighted by Crippen LogP contribution is 2.41. The summed E-state index contributed by atoms with van der Waals surface area (Å²) in [6.07, 6.45) is 2.60. The molecular formula is C43H52FN7O12. The third-order valence-electron chi connectivity index (χ3n) is 11.4. The minimum atomic E-state index is -2.05. The van der Waals surface area contributed by atoms with E-state index in [2.05, 4.69) is 21.3 Å². The van der Waals surface area contributed by atoms with E-state index in [4.69, 9.17) is 19.2 Å². The van der Waals surface area contributed by atoms with E-state index in [1.165, 1.54) is 30.9 Å². The van der Waals surface area contributed by atoms with Gasteiger partial charge in [-0.15, -0.1) is 0 Å². The van der Waals surface area contributed by atoms with Crippen molar-refractivity contribution in [2.75, 3.05) is 40.5 Å². The number of imide groups is 1. The largest absolute Gasteiger partial charge is 0.494 e. The molecule has 0 spiro atoms. The number of fused-ring (bicyclic) bond motifs is 5. The van der Waals surface area contributed by atoms with Gasteiger partial charge in [0.1, 0.15) is 18.9 Å². The van der Waals surface area contributed by atoms with Gasteiger partial charge in [0.15, 0.2) is 17.2 Å². The summed E-state index contributed by atoms with van der Waals surface area (Å²) in [5.74, 6) is -3.86. The molecule has 1 aromatic carbocycles. The fraction of sp³-hybridized carbons (Fsp3) is 0.488. The number of benzene rings is 1. The Labute approximate surface area is 361 Å². The molecule has 338 valence electrons. The van der Waals surface area contributed by atoms with Crippen LogP contribution in [0.2, 0.25) is 0 Å². The van der Waals surface area contributed by atoms with Gasteiger partial charge in [-0.2, -0.15) is 0 Å². The highest BCUT2D eigenvalue weighted by atomic mass is 19.1. The number of nitrogens with zero attached hydrogens (tertiary/aromatic N) is 3. The first-order valence-corrected chi connectivity index (χ1v) is 20.8. The van der Waals surface area contributed by atoms with E-state index in [0.29, 0.717) is 47.5 Å². The zero-order valence-electron chi connectivity index (χ0n) is 35.3. The normalized spacial score (nSPS) is 17.2. The molecule has 3 aliphatic rings. The van der Waals surface area contributed by atoms with Gasteiger partial charge in [0.05, 0.1) is 42.7 Å². The Morgan fingerprint density at radius 1 is 0.968 bits per heavy atom. The van der Waals surface area contributed by atoms with E-state index in [-0.39, 0.29) is 106 Å². The number of halogens is 1. The molecule has 0 fully saturated rings. The molecule has 1 unspecified atom stereocenters. The van der Waals surface area contributed by atoms with E-state index >= 15 is 4.39 Å². The number of cyclic esters (lactones) is 1.